The summed E-state index contributed by atoms with van der Waals surface area (Å²) in [5.41, 5.74) is 6.31. The van der Waals surface area contributed by atoms with E-state index in [4.69, 9.17) is 10.5 Å². The zero-order valence-electron chi connectivity index (χ0n) is 14.7. The van der Waals surface area contributed by atoms with Gasteiger partial charge in [-0.25, -0.2) is 4.68 Å². The van der Waals surface area contributed by atoms with E-state index in [1.54, 1.807) is 10.9 Å². The molecule has 0 atom stereocenters. The molecule has 0 unspecified atom stereocenters. The maximum absolute atomic E-state index is 12.6. The molecule has 0 fully saturated rings. The minimum absolute atomic E-state index is 0.265. The molecule has 0 aliphatic rings. The lowest BCUT2D eigenvalue weighted by atomic mass is 10.1. The molecule has 3 N–H and O–H groups in total. The summed E-state index contributed by atoms with van der Waals surface area (Å²) in [4.78, 5) is 12.6. The molecular formula is C18H26N4O2. The monoisotopic (exact) mass is 330 g/mol. The lowest BCUT2D eigenvalue weighted by Crippen LogP contribution is -2.49. The Morgan fingerprint density at radius 2 is 2.00 bits per heavy atom. The summed E-state index contributed by atoms with van der Waals surface area (Å²) in [6, 6.07) is 9.61. The van der Waals surface area contributed by atoms with Crippen LogP contribution < -0.4 is 15.8 Å². The van der Waals surface area contributed by atoms with Crippen molar-refractivity contribution in [2.45, 2.75) is 33.2 Å². The fraction of sp³-hybridized carbons (Fsp3) is 0.444. The van der Waals surface area contributed by atoms with Crippen molar-refractivity contribution in [2.24, 2.45) is 11.7 Å². The van der Waals surface area contributed by atoms with Crippen LogP contribution in [0, 0.1) is 5.92 Å². The van der Waals surface area contributed by atoms with Gasteiger partial charge < -0.3 is 15.8 Å². The summed E-state index contributed by atoms with van der Waals surface area (Å²) in [6.07, 6.45) is 1.74. The summed E-state index contributed by atoms with van der Waals surface area (Å²) in [5, 5.41) is 7.31. The van der Waals surface area contributed by atoms with Crippen LogP contribution in [-0.4, -0.2) is 34.4 Å². The number of carbonyl (C=O) groups excluding carboxylic acids is 1. The third kappa shape index (κ3) is 4.58. The molecule has 0 aliphatic carbocycles. The van der Waals surface area contributed by atoms with Gasteiger partial charge in [-0.2, -0.15) is 5.10 Å². The van der Waals surface area contributed by atoms with Crippen LogP contribution in [0.2, 0.25) is 0 Å². The van der Waals surface area contributed by atoms with E-state index < -0.39 is 5.54 Å². The highest BCUT2D eigenvalue weighted by molar-refractivity contribution is 5.95. The van der Waals surface area contributed by atoms with E-state index in [0.29, 0.717) is 24.8 Å². The first-order valence-electron chi connectivity index (χ1n) is 8.13. The molecule has 0 aliphatic heterocycles. The van der Waals surface area contributed by atoms with Crippen molar-refractivity contribution < 1.29 is 9.53 Å². The standard InChI is InChI=1S/C18H26N4O2/c1-13(2)11-24-15-10-22(14-8-6-5-7-9-14)21-16(15)17(23)20-18(3,4)12-19/h5-10,13H,11-12,19H2,1-4H3,(H,20,23). The van der Waals surface area contributed by atoms with Gasteiger partial charge in [-0.1, -0.05) is 32.0 Å². The van der Waals surface area contributed by atoms with Gasteiger partial charge in [-0.3, -0.25) is 4.79 Å². The molecule has 0 saturated carbocycles. The molecule has 1 aromatic carbocycles. The Hall–Kier alpha value is -2.34. The second-order valence-electron chi connectivity index (χ2n) is 6.87. The Morgan fingerprint density at radius 1 is 1.33 bits per heavy atom. The first kappa shape index (κ1) is 18.0. The molecule has 0 saturated heterocycles. The number of hydrogen-bond donors (Lipinski definition) is 2. The van der Waals surface area contributed by atoms with Crippen LogP contribution >= 0.6 is 0 Å². The van der Waals surface area contributed by atoms with Gasteiger partial charge in [0.25, 0.3) is 5.91 Å². The number of hydrogen-bond acceptors (Lipinski definition) is 4. The maximum Gasteiger partial charge on any atom is 0.276 e. The molecule has 2 rings (SSSR count). The summed E-state index contributed by atoms with van der Waals surface area (Å²) >= 11 is 0. The Kier molecular flexibility index (Phi) is 5.62. The van der Waals surface area contributed by atoms with Gasteiger partial charge in [0.1, 0.15) is 0 Å². The number of rotatable bonds is 7. The van der Waals surface area contributed by atoms with E-state index in [9.17, 15) is 4.79 Å². The molecular weight excluding hydrogens is 304 g/mol. The quantitative estimate of drug-likeness (QED) is 0.816. The van der Waals surface area contributed by atoms with Crippen molar-refractivity contribution in [3.63, 3.8) is 0 Å². The van der Waals surface area contributed by atoms with Crippen molar-refractivity contribution in [1.82, 2.24) is 15.1 Å². The van der Waals surface area contributed by atoms with Gasteiger partial charge in [0, 0.05) is 12.1 Å². The number of nitrogens with two attached hydrogens (primary N) is 1. The second-order valence-corrected chi connectivity index (χ2v) is 6.87. The highest BCUT2D eigenvalue weighted by Gasteiger charge is 2.25. The largest absolute Gasteiger partial charge is 0.489 e. The third-order valence-corrected chi connectivity index (χ3v) is 3.45. The van der Waals surface area contributed by atoms with Crippen molar-refractivity contribution in [1.29, 1.82) is 0 Å². The SMILES string of the molecule is CC(C)COc1cn(-c2ccccc2)nc1C(=O)NC(C)(C)CN. The first-order chi connectivity index (χ1) is 11.3. The number of benzene rings is 1. The zero-order valence-corrected chi connectivity index (χ0v) is 14.7. The molecule has 2 aromatic rings. The molecule has 1 aromatic heterocycles. The average molecular weight is 330 g/mol. The fourth-order valence-corrected chi connectivity index (χ4v) is 2.01. The van der Waals surface area contributed by atoms with E-state index in [2.05, 4.69) is 24.3 Å². The number of amides is 1. The van der Waals surface area contributed by atoms with E-state index >= 15 is 0 Å². The van der Waals surface area contributed by atoms with Crippen molar-refractivity contribution in [3.05, 3.63) is 42.2 Å². The zero-order chi connectivity index (χ0) is 17.7. The highest BCUT2D eigenvalue weighted by atomic mass is 16.5. The second kappa shape index (κ2) is 7.49. The molecule has 1 heterocycles. The molecule has 130 valence electrons. The van der Waals surface area contributed by atoms with Crippen LogP contribution in [0.4, 0.5) is 0 Å². The molecule has 0 radical (unpaired) electrons. The summed E-state index contributed by atoms with van der Waals surface area (Å²) < 4.78 is 7.45. The van der Waals surface area contributed by atoms with Crippen LogP contribution in [0.1, 0.15) is 38.2 Å². The third-order valence-electron chi connectivity index (χ3n) is 3.45. The molecule has 1 amide bonds. The van der Waals surface area contributed by atoms with Gasteiger partial charge in [0.15, 0.2) is 11.4 Å². The van der Waals surface area contributed by atoms with Crippen molar-refractivity contribution >= 4 is 5.91 Å². The lowest BCUT2D eigenvalue weighted by molar-refractivity contribution is 0.0905. The predicted molar refractivity (Wildman–Crippen MR) is 94.5 cm³/mol. The number of ether oxygens (including phenoxy) is 1. The number of para-hydroxylation sites is 1. The Bertz CT molecular complexity index is 678. The normalized spacial score (nSPS) is 11.6. The molecule has 6 heteroatoms. The topological polar surface area (TPSA) is 82.2 Å². The van der Waals surface area contributed by atoms with Crippen LogP contribution in [0.25, 0.3) is 5.69 Å². The molecule has 24 heavy (non-hydrogen) atoms. The van der Waals surface area contributed by atoms with Crippen molar-refractivity contribution in [2.75, 3.05) is 13.2 Å². The summed E-state index contributed by atoms with van der Waals surface area (Å²) in [6.45, 7) is 8.70. The van der Waals surface area contributed by atoms with E-state index in [1.807, 2.05) is 44.2 Å². The van der Waals surface area contributed by atoms with E-state index in [1.165, 1.54) is 0 Å². The lowest BCUT2D eigenvalue weighted by Gasteiger charge is -2.23. The Labute approximate surface area is 143 Å². The maximum atomic E-state index is 12.6. The van der Waals surface area contributed by atoms with Gasteiger partial charge in [-0.05, 0) is 31.9 Å². The smallest absolute Gasteiger partial charge is 0.276 e. The predicted octanol–water partition coefficient (Wildman–Crippen LogP) is 2.37. The van der Waals surface area contributed by atoms with Crippen LogP contribution in [0.15, 0.2) is 36.5 Å². The number of aromatic nitrogens is 2. The summed E-state index contributed by atoms with van der Waals surface area (Å²) in [5.74, 6) is 0.526. The van der Waals surface area contributed by atoms with E-state index in [0.717, 1.165) is 5.69 Å². The highest BCUT2D eigenvalue weighted by Crippen LogP contribution is 2.21. The van der Waals surface area contributed by atoms with Gasteiger partial charge >= 0.3 is 0 Å². The fourth-order valence-electron chi connectivity index (χ4n) is 2.01. The molecule has 6 nitrogen and oxygen atoms in total. The Balaban J connectivity index is 2.33. The number of carbonyl (C=O) groups is 1. The number of nitrogens with one attached hydrogen (secondary N) is 1. The molecule has 0 spiro atoms. The molecule has 0 bridgehead atoms. The summed E-state index contributed by atoms with van der Waals surface area (Å²) in [7, 11) is 0. The van der Waals surface area contributed by atoms with Crippen LogP contribution in [0.5, 0.6) is 5.75 Å². The van der Waals surface area contributed by atoms with Crippen LogP contribution in [-0.2, 0) is 0 Å². The van der Waals surface area contributed by atoms with Gasteiger partial charge in [-0.15, -0.1) is 0 Å². The van der Waals surface area contributed by atoms with Gasteiger partial charge in [0.2, 0.25) is 0 Å². The minimum Gasteiger partial charge on any atom is -0.489 e. The van der Waals surface area contributed by atoms with E-state index in [-0.39, 0.29) is 11.6 Å². The van der Waals surface area contributed by atoms with Gasteiger partial charge in [0.05, 0.1) is 18.5 Å². The number of nitrogens with zero attached hydrogens (tertiary/aromatic N) is 2. The minimum atomic E-state index is -0.511. The first-order valence-corrected chi connectivity index (χ1v) is 8.13. The van der Waals surface area contributed by atoms with Crippen molar-refractivity contribution in [3.8, 4) is 11.4 Å². The van der Waals surface area contributed by atoms with Crippen LogP contribution in [0.3, 0.4) is 0 Å². The Morgan fingerprint density at radius 3 is 2.58 bits per heavy atom. The average Bonchev–Trinajstić information content (AvgIpc) is 2.98.